The van der Waals surface area contributed by atoms with Crippen LogP contribution in [-0.2, 0) is 9.59 Å². The van der Waals surface area contributed by atoms with E-state index in [0.29, 0.717) is 18.4 Å². The highest BCUT2D eigenvalue weighted by molar-refractivity contribution is 7.14. The number of ketones is 1. The van der Waals surface area contributed by atoms with Crippen molar-refractivity contribution in [3.63, 3.8) is 0 Å². The molecular weight excluding hydrogens is 542 g/mol. The lowest BCUT2D eigenvalue weighted by atomic mass is 9.91. The molecule has 2 aliphatic rings. The number of nitrogens with one attached hydrogen (secondary N) is 2. The predicted molar refractivity (Wildman–Crippen MR) is 156 cm³/mol. The number of hydrogen-bond donors (Lipinski definition) is 3. The Bertz CT molecular complexity index is 1420. The minimum absolute atomic E-state index is 0.142. The van der Waals surface area contributed by atoms with Crippen LogP contribution in [0.4, 0.5) is 15.6 Å². The summed E-state index contributed by atoms with van der Waals surface area (Å²) in [5, 5.41) is 17.1. The maximum absolute atomic E-state index is 13.8. The van der Waals surface area contributed by atoms with Crippen molar-refractivity contribution in [2.75, 3.05) is 23.3 Å². The summed E-state index contributed by atoms with van der Waals surface area (Å²) in [6.07, 6.45) is 1.42. The number of imide groups is 1. The fourth-order valence-corrected chi connectivity index (χ4v) is 6.03. The number of benzene rings is 2. The quantitative estimate of drug-likeness (QED) is 0.259. The highest BCUT2D eigenvalue weighted by Gasteiger charge is 2.47. The number of rotatable bonds is 9. The smallest absolute Gasteiger partial charge is 0.325 e. The maximum atomic E-state index is 13.8. The number of nitrogens with zero attached hydrogens (tertiary/aromatic N) is 3. The molecule has 3 heterocycles. The van der Waals surface area contributed by atoms with Crippen LogP contribution in [0.2, 0.25) is 0 Å². The molecule has 41 heavy (non-hydrogen) atoms. The number of piperidine rings is 1. The molecule has 2 saturated heterocycles. The van der Waals surface area contributed by atoms with Crippen molar-refractivity contribution < 1.29 is 24.3 Å². The van der Waals surface area contributed by atoms with Gasteiger partial charge in [-0.2, -0.15) is 0 Å². The van der Waals surface area contributed by atoms with Crippen LogP contribution in [-0.4, -0.2) is 63.9 Å². The van der Waals surface area contributed by atoms with Gasteiger partial charge in [0.2, 0.25) is 5.91 Å². The van der Waals surface area contributed by atoms with Crippen molar-refractivity contribution in [1.29, 1.82) is 0 Å². The van der Waals surface area contributed by atoms with Gasteiger partial charge in [0, 0.05) is 36.5 Å². The van der Waals surface area contributed by atoms with E-state index in [0.717, 1.165) is 40.6 Å². The molecule has 3 unspecified atom stereocenters. The van der Waals surface area contributed by atoms with Crippen molar-refractivity contribution in [3.8, 4) is 0 Å². The molecule has 2 fully saturated rings. The maximum Gasteiger partial charge on any atom is 0.325 e. The first-order chi connectivity index (χ1) is 19.8. The fourth-order valence-electron chi connectivity index (χ4n) is 5.31. The molecule has 3 atom stereocenters. The SMILES string of the molecule is CCC(=O)c1csc(NC(=O)C(C(C)c2ccccc2)N2C(=O)NC(c3ccc(N4CCC(O)CC4)cc3)C2=O)n1. The molecule has 0 aliphatic carbocycles. The van der Waals surface area contributed by atoms with E-state index in [-0.39, 0.29) is 29.1 Å². The summed E-state index contributed by atoms with van der Waals surface area (Å²) >= 11 is 1.12. The minimum atomic E-state index is -1.16. The molecule has 2 aromatic carbocycles. The number of carbonyl (C=O) groups excluding carboxylic acids is 4. The molecule has 5 rings (SSSR count). The van der Waals surface area contributed by atoms with E-state index in [1.54, 1.807) is 19.2 Å². The van der Waals surface area contributed by atoms with Gasteiger partial charge in [0.05, 0.1) is 6.10 Å². The zero-order valence-electron chi connectivity index (χ0n) is 22.9. The van der Waals surface area contributed by atoms with Gasteiger partial charge >= 0.3 is 6.03 Å². The van der Waals surface area contributed by atoms with Crippen LogP contribution in [0.3, 0.4) is 0 Å². The number of hydrogen-bond acceptors (Lipinski definition) is 8. The number of aliphatic hydroxyl groups excluding tert-OH is 1. The van der Waals surface area contributed by atoms with E-state index in [1.807, 2.05) is 54.6 Å². The summed E-state index contributed by atoms with van der Waals surface area (Å²) in [4.78, 5) is 60.2. The number of carbonyl (C=O) groups is 4. The van der Waals surface area contributed by atoms with Crippen LogP contribution >= 0.6 is 11.3 Å². The predicted octanol–water partition coefficient (Wildman–Crippen LogP) is 4.10. The number of thiazole rings is 1. The Hall–Kier alpha value is -4.09. The van der Waals surface area contributed by atoms with Crippen LogP contribution < -0.4 is 15.5 Å². The molecule has 11 heteroatoms. The highest BCUT2D eigenvalue weighted by atomic mass is 32.1. The van der Waals surface area contributed by atoms with Gasteiger partial charge in [-0.25, -0.2) is 14.7 Å². The number of anilines is 2. The highest BCUT2D eigenvalue weighted by Crippen LogP contribution is 2.32. The molecule has 3 aromatic rings. The third-order valence-electron chi connectivity index (χ3n) is 7.71. The number of Topliss-reactive ketones (excluding diaryl/α,β-unsaturated/α-hetero) is 1. The van der Waals surface area contributed by atoms with Gasteiger partial charge < -0.3 is 20.6 Å². The number of urea groups is 1. The lowest BCUT2D eigenvalue weighted by Gasteiger charge is -2.31. The molecule has 0 radical (unpaired) electrons. The molecule has 0 saturated carbocycles. The van der Waals surface area contributed by atoms with E-state index in [4.69, 9.17) is 0 Å². The van der Waals surface area contributed by atoms with Gasteiger partial charge in [0.15, 0.2) is 10.9 Å². The largest absolute Gasteiger partial charge is 0.393 e. The molecule has 214 valence electrons. The molecule has 10 nitrogen and oxygen atoms in total. The molecule has 2 aliphatic heterocycles. The van der Waals surface area contributed by atoms with E-state index in [9.17, 15) is 24.3 Å². The van der Waals surface area contributed by atoms with E-state index >= 15 is 0 Å². The van der Waals surface area contributed by atoms with Crippen LogP contribution in [0, 0.1) is 0 Å². The summed E-state index contributed by atoms with van der Waals surface area (Å²) in [5.41, 5.74) is 2.64. The Morgan fingerprint density at radius 2 is 1.78 bits per heavy atom. The lowest BCUT2D eigenvalue weighted by molar-refractivity contribution is -0.134. The van der Waals surface area contributed by atoms with Crippen molar-refractivity contribution in [2.45, 2.75) is 57.2 Å². The van der Waals surface area contributed by atoms with E-state index in [2.05, 4.69) is 20.5 Å². The number of aromatic nitrogens is 1. The van der Waals surface area contributed by atoms with Gasteiger partial charge in [-0.15, -0.1) is 11.3 Å². The van der Waals surface area contributed by atoms with Crippen LogP contribution in [0.1, 0.15) is 66.7 Å². The summed E-state index contributed by atoms with van der Waals surface area (Å²) in [6.45, 7) is 5.02. The first-order valence-corrected chi connectivity index (χ1v) is 14.7. The first-order valence-electron chi connectivity index (χ1n) is 13.8. The molecule has 1 aromatic heterocycles. The van der Waals surface area contributed by atoms with Crippen molar-refractivity contribution in [3.05, 3.63) is 76.8 Å². The fraction of sp³-hybridized carbons (Fsp3) is 0.367. The number of amides is 4. The third-order valence-corrected chi connectivity index (χ3v) is 8.47. The zero-order valence-corrected chi connectivity index (χ0v) is 23.8. The lowest BCUT2D eigenvalue weighted by Crippen LogP contribution is -2.50. The Balaban J connectivity index is 1.39. The normalized spacial score (nSPS) is 19.1. The van der Waals surface area contributed by atoms with Crippen LogP contribution in [0.25, 0.3) is 0 Å². The van der Waals surface area contributed by atoms with E-state index in [1.165, 1.54) is 0 Å². The average molecular weight is 576 g/mol. The average Bonchev–Trinajstić information content (AvgIpc) is 3.57. The summed E-state index contributed by atoms with van der Waals surface area (Å²) in [5.74, 6) is -1.76. The van der Waals surface area contributed by atoms with Crippen LogP contribution in [0.5, 0.6) is 0 Å². The van der Waals surface area contributed by atoms with Crippen LogP contribution in [0.15, 0.2) is 60.0 Å². The van der Waals surface area contributed by atoms with Gasteiger partial charge in [-0.1, -0.05) is 56.3 Å². The second kappa shape index (κ2) is 12.2. The molecule has 3 N–H and O–H groups in total. The van der Waals surface area contributed by atoms with Gasteiger partial charge in [0.1, 0.15) is 17.8 Å². The Kier molecular flexibility index (Phi) is 8.46. The molecule has 4 amide bonds. The van der Waals surface area contributed by atoms with Gasteiger partial charge in [-0.3, -0.25) is 14.4 Å². The minimum Gasteiger partial charge on any atom is -0.393 e. The van der Waals surface area contributed by atoms with E-state index < -0.39 is 35.8 Å². The summed E-state index contributed by atoms with van der Waals surface area (Å²) < 4.78 is 0. The topological polar surface area (TPSA) is 132 Å². The standard InChI is InChI=1S/C30H33N5O5S/c1-3-24(37)23-17-41-29(31-23)33-27(38)26(18(2)19-7-5-4-6-8-19)35-28(39)25(32-30(35)40)20-9-11-21(12-10-20)34-15-13-22(36)14-16-34/h4-12,17-18,22,25-26,36H,3,13-16H2,1-2H3,(H,32,40)(H,31,33,38). The first kappa shape index (κ1) is 28.4. The summed E-state index contributed by atoms with van der Waals surface area (Å²) in [6, 6.07) is 13.9. The Morgan fingerprint density at radius 3 is 2.44 bits per heavy atom. The molecule has 0 spiro atoms. The number of aliphatic hydroxyl groups is 1. The van der Waals surface area contributed by atoms with Gasteiger partial charge in [-0.05, 0) is 36.1 Å². The van der Waals surface area contributed by atoms with Crippen molar-refractivity contribution >= 4 is 45.8 Å². The molecule has 0 bridgehead atoms. The summed E-state index contributed by atoms with van der Waals surface area (Å²) in [7, 11) is 0. The van der Waals surface area contributed by atoms with Crippen molar-refractivity contribution in [1.82, 2.24) is 15.2 Å². The second-order valence-electron chi connectivity index (χ2n) is 10.3. The second-order valence-corrected chi connectivity index (χ2v) is 11.2. The molecular formula is C30H33N5O5S. The third kappa shape index (κ3) is 6.01. The van der Waals surface area contributed by atoms with Crippen molar-refractivity contribution in [2.24, 2.45) is 0 Å². The zero-order chi connectivity index (χ0) is 29.1. The Labute approximate surface area is 242 Å². The monoisotopic (exact) mass is 575 g/mol. The Morgan fingerprint density at radius 1 is 1.10 bits per heavy atom. The van der Waals surface area contributed by atoms with Gasteiger partial charge in [0.25, 0.3) is 5.91 Å².